The van der Waals surface area contributed by atoms with Crippen molar-refractivity contribution in [1.82, 2.24) is 9.97 Å². The molecule has 2 aromatic carbocycles. The fourth-order valence-corrected chi connectivity index (χ4v) is 4.85. The molecule has 6 nitrogen and oxygen atoms in total. The summed E-state index contributed by atoms with van der Waals surface area (Å²) in [5.74, 6) is 1.03. The molecule has 5 rings (SSSR count). The number of carbonyl (C=O) groups excluding carboxylic acids is 1. The molecule has 1 amide bonds. The number of aryl methyl sites for hydroxylation is 2. The standard InChI is InChI=1S/C24H21N3O3S/c1-15-10-16(2)22-21(11-15)31-24(26-22)27(13-17-6-5-9-25-12-17)23(28)20-14-29-18-7-3-4-8-19(18)30-20/h3-12,20H,13-14H2,1-2H3. The Morgan fingerprint density at radius 1 is 1.16 bits per heavy atom. The summed E-state index contributed by atoms with van der Waals surface area (Å²) >= 11 is 1.51. The van der Waals surface area contributed by atoms with Crippen LogP contribution in [0.25, 0.3) is 10.2 Å². The second-order valence-electron chi connectivity index (χ2n) is 7.57. The molecule has 0 aliphatic carbocycles. The predicted octanol–water partition coefficient (Wildman–Crippen LogP) is 4.68. The molecule has 1 aliphatic rings. The third-order valence-electron chi connectivity index (χ3n) is 5.16. The number of rotatable bonds is 4. The molecule has 7 heteroatoms. The molecule has 0 radical (unpaired) electrons. The number of ether oxygens (including phenoxy) is 2. The molecule has 1 atom stereocenters. The average Bonchev–Trinajstić information content (AvgIpc) is 3.21. The van der Waals surface area contributed by atoms with Crippen LogP contribution >= 0.6 is 11.3 Å². The van der Waals surface area contributed by atoms with Crippen molar-refractivity contribution < 1.29 is 14.3 Å². The quantitative estimate of drug-likeness (QED) is 0.469. The normalized spacial score (nSPS) is 15.1. The van der Waals surface area contributed by atoms with Crippen LogP contribution in [-0.4, -0.2) is 28.6 Å². The number of aromatic nitrogens is 2. The number of para-hydroxylation sites is 2. The number of nitrogens with zero attached hydrogens (tertiary/aromatic N) is 3. The van der Waals surface area contributed by atoms with Crippen LogP contribution in [0.1, 0.15) is 16.7 Å². The number of hydrogen-bond donors (Lipinski definition) is 0. The van der Waals surface area contributed by atoms with Crippen molar-refractivity contribution in [2.24, 2.45) is 0 Å². The van der Waals surface area contributed by atoms with Crippen LogP contribution in [0, 0.1) is 13.8 Å². The van der Waals surface area contributed by atoms with E-state index >= 15 is 0 Å². The van der Waals surface area contributed by atoms with Crippen molar-refractivity contribution in [1.29, 1.82) is 0 Å². The van der Waals surface area contributed by atoms with Gasteiger partial charge in [-0.3, -0.25) is 14.7 Å². The maximum absolute atomic E-state index is 13.6. The first-order chi connectivity index (χ1) is 15.1. The first-order valence-corrected chi connectivity index (χ1v) is 10.9. The zero-order valence-electron chi connectivity index (χ0n) is 17.2. The minimum absolute atomic E-state index is 0.155. The Kier molecular flexibility index (Phi) is 5.03. The Labute approximate surface area is 184 Å². The first-order valence-electron chi connectivity index (χ1n) is 10.0. The van der Waals surface area contributed by atoms with Gasteiger partial charge in [0.2, 0.25) is 6.10 Å². The van der Waals surface area contributed by atoms with Crippen LogP contribution < -0.4 is 14.4 Å². The minimum atomic E-state index is -0.749. The van der Waals surface area contributed by atoms with Crippen molar-refractivity contribution in [3.05, 3.63) is 77.6 Å². The fraction of sp³-hybridized carbons (Fsp3) is 0.208. The van der Waals surface area contributed by atoms with E-state index in [2.05, 4.69) is 24.0 Å². The second kappa shape index (κ2) is 8.00. The highest BCUT2D eigenvalue weighted by Crippen LogP contribution is 2.35. The van der Waals surface area contributed by atoms with Gasteiger partial charge in [-0.2, -0.15) is 0 Å². The van der Waals surface area contributed by atoms with Crippen molar-refractivity contribution in [3.63, 3.8) is 0 Å². The van der Waals surface area contributed by atoms with Gasteiger partial charge in [-0.15, -0.1) is 0 Å². The molecule has 1 aliphatic heterocycles. The Morgan fingerprint density at radius 2 is 2.00 bits per heavy atom. The van der Waals surface area contributed by atoms with E-state index in [0.29, 0.717) is 23.2 Å². The van der Waals surface area contributed by atoms with Crippen molar-refractivity contribution in [3.8, 4) is 11.5 Å². The third-order valence-corrected chi connectivity index (χ3v) is 6.19. The zero-order valence-corrected chi connectivity index (χ0v) is 18.1. The van der Waals surface area contributed by atoms with E-state index in [9.17, 15) is 4.79 Å². The highest BCUT2D eigenvalue weighted by molar-refractivity contribution is 7.22. The Bertz CT molecular complexity index is 1260. The molecule has 0 spiro atoms. The summed E-state index contributed by atoms with van der Waals surface area (Å²) in [5.41, 5.74) is 4.10. The SMILES string of the molecule is Cc1cc(C)c2nc(N(Cc3cccnc3)C(=O)C3COc4ccccc4O3)sc2c1. The van der Waals surface area contributed by atoms with E-state index in [4.69, 9.17) is 14.5 Å². The van der Waals surface area contributed by atoms with E-state index in [1.165, 1.54) is 16.9 Å². The van der Waals surface area contributed by atoms with Crippen molar-refractivity contribution >= 4 is 32.6 Å². The molecule has 3 heterocycles. The van der Waals surface area contributed by atoms with Crippen molar-refractivity contribution in [2.75, 3.05) is 11.5 Å². The Morgan fingerprint density at radius 3 is 2.81 bits per heavy atom. The fourth-order valence-electron chi connectivity index (χ4n) is 3.70. The van der Waals surface area contributed by atoms with Gasteiger partial charge in [0.25, 0.3) is 5.91 Å². The Hall–Kier alpha value is -3.45. The van der Waals surface area contributed by atoms with Gasteiger partial charge in [0.15, 0.2) is 16.6 Å². The highest BCUT2D eigenvalue weighted by Gasteiger charge is 2.33. The summed E-state index contributed by atoms with van der Waals surface area (Å²) in [5, 5.41) is 0.639. The number of amides is 1. The van der Waals surface area contributed by atoms with Crippen LogP contribution in [0.3, 0.4) is 0 Å². The van der Waals surface area contributed by atoms with Gasteiger partial charge in [-0.05, 0) is 54.8 Å². The number of anilines is 1. The van der Waals surface area contributed by atoms with Crippen LogP contribution in [-0.2, 0) is 11.3 Å². The van der Waals surface area contributed by atoms with Gasteiger partial charge < -0.3 is 9.47 Å². The van der Waals surface area contributed by atoms with E-state index in [1.54, 1.807) is 17.3 Å². The predicted molar refractivity (Wildman–Crippen MR) is 121 cm³/mol. The van der Waals surface area contributed by atoms with Crippen LogP contribution in [0.4, 0.5) is 5.13 Å². The summed E-state index contributed by atoms with van der Waals surface area (Å²) in [6.45, 7) is 4.62. The largest absolute Gasteiger partial charge is 0.485 e. The van der Waals surface area contributed by atoms with E-state index in [-0.39, 0.29) is 12.5 Å². The van der Waals surface area contributed by atoms with Gasteiger partial charge in [0.05, 0.1) is 16.8 Å². The summed E-state index contributed by atoms with van der Waals surface area (Å²) in [4.78, 5) is 24.3. The van der Waals surface area contributed by atoms with Crippen LogP contribution in [0.5, 0.6) is 11.5 Å². The molecule has 0 saturated carbocycles. The number of thiazole rings is 1. The summed E-state index contributed by atoms with van der Waals surface area (Å²) in [6.07, 6.45) is 2.73. The molecule has 0 fully saturated rings. The van der Waals surface area contributed by atoms with Gasteiger partial charge in [-0.25, -0.2) is 4.98 Å². The Balaban J connectivity index is 1.52. The number of carbonyl (C=O) groups is 1. The lowest BCUT2D eigenvalue weighted by Crippen LogP contribution is -2.46. The lowest BCUT2D eigenvalue weighted by atomic mass is 10.1. The average molecular weight is 432 g/mol. The number of fused-ring (bicyclic) bond motifs is 2. The summed E-state index contributed by atoms with van der Waals surface area (Å²) in [7, 11) is 0. The van der Waals surface area contributed by atoms with Gasteiger partial charge in [-0.1, -0.05) is 35.6 Å². The van der Waals surface area contributed by atoms with Gasteiger partial charge >= 0.3 is 0 Å². The van der Waals surface area contributed by atoms with E-state index in [1.807, 2.05) is 43.3 Å². The lowest BCUT2D eigenvalue weighted by molar-refractivity contribution is -0.127. The molecule has 31 heavy (non-hydrogen) atoms. The molecular weight excluding hydrogens is 410 g/mol. The van der Waals surface area contributed by atoms with Crippen molar-refractivity contribution in [2.45, 2.75) is 26.5 Å². The molecule has 2 aromatic heterocycles. The van der Waals surface area contributed by atoms with Gasteiger partial charge in [0, 0.05) is 12.4 Å². The summed E-state index contributed by atoms with van der Waals surface area (Å²) in [6, 6.07) is 15.4. The molecule has 0 N–H and O–H groups in total. The van der Waals surface area contributed by atoms with E-state index in [0.717, 1.165) is 21.3 Å². The smallest absolute Gasteiger partial charge is 0.273 e. The second-order valence-corrected chi connectivity index (χ2v) is 8.58. The molecule has 4 aromatic rings. The maximum Gasteiger partial charge on any atom is 0.273 e. The highest BCUT2D eigenvalue weighted by atomic mass is 32.1. The molecule has 0 saturated heterocycles. The maximum atomic E-state index is 13.6. The lowest BCUT2D eigenvalue weighted by Gasteiger charge is -2.29. The monoisotopic (exact) mass is 431 g/mol. The van der Waals surface area contributed by atoms with Crippen LogP contribution in [0.2, 0.25) is 0 Å². The number of hydrogen-bond acceptors (Lipinski definition) is 6. The number of pyridine rings is 1. The van der Waals surface area contributed by atoms with Gasteiger partial charge in [0.1, 0.15) is 6.61 Å². The molecule has 1 unspecified atom stereocenters. The molecular formula is C24H21N3O3S. The first kappa shape index (κ1) is 19.5. The molecule has 0 bridgehead atoms. The molecule has 156 valence electrons. The third kappa shape index (κ3) is 3.84. The topological polar surface area (TPSA) is 64.6 Å². The number of benzene rings is 2. The minimum Gasteiger partial charge on any atom is -0.485 e. The van der Waals surface area contributed by atoms with E-state index < -0.39 is 6.10 Å². The zero-order chi connectivity index (χ0) is 21.4. The summed E-state index contributed by atoms with van der Waals surface area (Å²) < 4.78 is 12.8. The van der Waals surface area contributed by atoms with Crippen LogP contribution in [0.15, 0.2) is 60.9 Å².